The summed E-state index contributed by atoms with van der Waals surface area (Å²) in [5.74, 6) is -0.473. The standard InChI is InChI=1S/C30H27F2N7O/c1-3-30(20-7-4-8-22(31)24(20)32)19-11-13-39(15-21(19)30)23-14-35-27-26(37-38-28(27)36-23)17-9-10-18(29(40)33-2)25-16(17)6-5-12-34-25/h4-10,12,14,19,21H,3,11,13,15H2,1-2H3,(H,33,40)(H,36,37,38)/t19-,21+,30-/m1/s1. The minimum absolute atomic E-state index is 0.208. The van der Waals surface area contributed by atoms with Crippen molar-refractivity contribution in [2.24, 2.45) is 11.8 Å². The van der Waals surface area contributed by atoms with Gasteiger partial charge in [-0.05, 0) is 48.4 Å². The summed E-state index contributed by atoms with van der Waals surface area (Å²) in [5, 5.41) is 11.0. The number of aromatic amines is 1. The van der Waals surface area contributed by atoms with E-state index < -0.39 is 11.6 Å². The fourth-order valence-electron chi connectivity index (χ4n) is 7.00. The van der Waals surface area contributed by atoms with E-state index in [4.69, 9.17) is 9.97 Å². The Bertz CT molecular complexity index is 1800. The van der Waals surface area contributed by atoms with Crippen molar-refractivity contribution in [1.82, 2.24) is 30.5 Å². The van der Waals surface area contributed by atoms with Crippen LogP contribution in [0.4, 0.5) is 14.6 Å². The third-order valence-corrected chi connectivity index (χ3v) is 8.95. The topological polar surface area (TPSA) is 99.7 Å². The lowest BCUT2D eigenvalue weighted by Crippen LogP contribution is -2.32. The van der Waals surface area contributed by atoms with Gasteiger partial charge in [0.1, 0.15) is 11.3 Å². The Morgan fingerprint density at radius 3 is 2.83 bits per heavy atom. The third kappa shape index (κ3) is 3.44. The van der Waals surface area contributed by atoms with Crippen LogP contribution in [-0.4, -0.2) is 51.2 Å². The smallest absolute Gasteiger partial charge is 0.253 e. The summed E-state index contributed by atoms with van der Waals surface area (Å²) in [6, 6.07) is 11.9. The Hall–Kier alpha value is -4.47. The van der Waals surface area contributed by atoms with Gasteiger partial charge >= 0.3 is 0 Å². The predicted octanol–water partition coefficient (Wildman–Crippen LogP) is 5.01. The van der Waals surface area contributed by atoms with E-state index >= 15 is 0 Å². The number of piperidine rings is 1. The van der Waals surface area contributed by atoms with Crippen molar-refractivity contribution >= 4 is 33.8 Å². The van der Waals surface area contributed by atoms with Gasteiger partial charge in [-0.1, -0.05) is 31.2 Å². The van der Waals surface area contributed by atoms with E-state index in [1.165, 1.54) is 6.07 Å². The highest BCUT2D eigenvalue weighted by Gasteiger charge is 2.66. The second-order valence-corrected chi connectivity index (χ2v) is 10.6. The number of carbonyl (C=O) groups is 1. The van der Waals surface area contributed by atoms with Crippen molar-refractivity contribution in [2.45, 2.75) is 25.2 Å². The van der Waals surface area contributed by atoms with Crippen LogP contribution in [-0.2, 0) is 5.41 Å². The number of pyridine rings is 1. The number of fused-ring (bicyclic) bond motifs is 3. The third-order valence-electron chi connectivity index (χ3n) is 8.95. The van der Waals surface area contributed by atoms with Crippen LogP contribution in [0.1, 0.15) is 35.7 Å². The van der Waals surface area contributed by atoms with Gasteiger partial charge in [0, 0.05) is 42.7 Å². The molecule has 8 nitrogen and oxygen atoms in total. The number of benzene rings is 2. The summed E-state index contributed by atoms with van der Waals surface area (Å²) in [4.78, 5) is 28.6. The fourth-order valence-corrected chi connectivity index (χ4v) is 7.00. The molecule has 7 rings (SSSR count). The Morgan fingerprint density at radius 2 is 2.00 bits per heavy atom. The molecule has 2 aromatic carbocycles. The Kier molecular flexibility index (Phi) is 5.55. The average molecular weight is 540 g/mol. The number of hydrogen-bond acceptors (Lipinski definition) is 6. The lowest BCUT2D eigenvalue weighted by molar-refractivity contribution is 0.0964. The van der Waals surface area contributed by atoms with Gasteiger partial charge in [0.05, 0.1) is 23.0 Å². The van der Waals surface area contributed by atoms with Crippen LogP contribution in [0.25, 0.3) is 33.3 Å². The number of nitrogens with one attached hydrogen (secondary N) is 2. The zero-order valence-corrected chi connectivity index (χ0v) is 22.1. The van der Waals surface area contributed by atoms with Crippen molar-refractivity contribution in [1.29, 1.82) is 0 Å². The Balaban J connectivity index is 1.21. The zero-order chi connectivity index (χ0) is 27.6. The minimum Gasteiger partial charge on any atom is -0.355 e. The molecule has 1 amide bonds. The van der Waals surface area contributed by atoms with E-state index in [-0.39, 0.29) is 17.2 Å². The van der Waals surface area contributed by atoms with Gasteiger partial charge in [0.2, 0.25) is 5.65 Å². The van der Waals surface area contributed by atoms with Gasteiger partial charge in [-0.3, -0.25) is 14.9 Å². The zero-order valence-electron chi connectivity index (χ0n) is 22.1. The summed E-state index contributed by atoms with van der Waals surface area (Å²) < 4.78 is 28.9. The number of hydrogen-bond donors (Lipinski definition) is 2. The first kappa shape index (κ1) is 24.6. The van der Waals surface area contributed by atoms with Crippen molar-refractivity contribution in [3.8, 4) is 11.3 Å². The molecular weight excluding hydrogens is 512 g/mol. The summed E-state index contributed by atoms with van der Waals surface area (Å²) >= 11 is 0. The summed E-state index contributed by atoms with van der Waals surface area (Å²) in [6.07, 6.45) is 5.04. The van der Waals surface area contributed by atoms with Crippen molar-refractivity contribution in [3.63, 3.8) is 0 Å². The van der Waals surface area contributed by atoms with Crippen molar-refractivity contribution in [3.05, 3.63) is 77.6 Å². The van der Waals surface area contributed by atoms with Crippen LogP contribution in [0.2, 0.25) is 0 Å². The first-order chi connectivity index (χ1) is 19.5. The highest BCUT2D eigenvalue weighted by molar-refractivity contribution is 6.10. The number of aromatic nitrogens is 5. The second-order valence-electron chi connectivity index (χ2n) is 10.6. The molecule has 1 saturated carbocycles. The molecule has 10 heteroatoms. The molecule has 2 fully saturated rings. The van der Waals surface area contributed by atoms with Gasteiger partial charge in [0.25, 0.3) is 5.91 Å². The van der Waals surface area contributed by atoms with E-state index in [9.17, 15) is 13.6 Å². The Morgan fingerprint density at radius 1 is 1.12 bits per heavy atom. The molecule has 0 bridgehead atoms. The molecule has 40 heavy (non-hydrogen) atoms. The first-order valence-corrected chi connectivity index (χ1v) is 13.5. The molecule has 0 radical (unpaired) electrons. The fraction of sp³-hybridized carbons (Fsp3) is 0.300. The number of halogens is 2. The number of rotatable bonds is 5. The molecule has 3 atom stereocenters. The molecule has 1 saturated heterocycles. The number of nitrogens with zero attached hydrogens (tertiary/aromatic N) is 5. The van der Waals surface area contributed by atoms with Crippen molar-refractivity contribution in [2.75, 3.05) is 25.0 Å². The maximum Gasteiger partial charge on any atom is 0.253 e. The molecule has 1 aliphatic carbocycles. The SMILES string of the molecule is CC[C@]1(c2cccc(F)c2F)[C@@H]2CCN(c3cnc4c(-c5ccc(C(=O)NC)c6ncccc56)[nH]nc4n3)C[C@@H]21. The highest BCUT2D eigenvalue weighted by Crippen LogP contribution is 2.66. The minimum atomic E-state index is -0.789. The molecule has 3 aromatic heterocycles. The molecule has 0 unspecified atom stereocenters. The highest BCUT2D eigenvalue weighted by atomic mass is 19.2. The summed E-state index contributed by atoms with van der Waals surface area (Å²) in [7, 11) is 1.59. The van der Waals surface area contributed by atoms with Crippen LogP contribution in [0.3, 0.4) is 0 Å². The lowest BCUT2D eigenvalue weighted by atomic mass is 9.88. The van der Waals surface area contributed by atoms with E-state index in [1.807, 2.05) is 18.2 Å². The number of amides is 1. The quantitative estimate of drug-likeness (QED) is 0.326. The summed E-state index contributed by atoms with van der Waals surface area (Å²) in [6.45, 7) is 3.52. The maximum absolute atomic E-state index is 14.8. The predicted molar refractivity (Wildman–Crippen MR) is 148 cm³/mol. The molecule has 202 valence electrons. The summed E-state index contributed by atoms with van der Waals surface area (Å²) in [5.41, 5.74) is 3.84. The van der Waals surface area contributed by atoms with Gasteiger partial charge in [-0.15, -0.1) is 0 Å². The maximum atomic E-state index is 14.8. The first-order valence-electron chi connectivity index (χ1n) is 13.5. The number of anilines is 1. The van der Waals surface area contributed by atoms with Gasteiger partial charge in [-0.2, -0.15) is 5.10 Å². The van der Waals surface area contributed by atoms with E-state index in [1.54, 1.807) is 37.6 Å². The van der Waals surface area contributed by atoms with E-state index in [0.29, 0.717) is 51.8 Å². The Labute approximate surface area is 228 Å². The van der Waals surface area contributed by atoms with E-state index in [2.05, 4.69) is 32.3 Å². The second kappa shape index (κ2) is 9.04. The largest absolute Gasteiger partial charge is 0.355 e. The molecule has 2 N–H and O–H groups in total. The van der Waals surface area contributed by atoms with Gasteiger partial charge < -0.3 is 10.2 Å². The van der Waals surface area contributed by atoms with Crippen LogP contribution in [0.15, 0.2) is 54.9 Å². The average Bonchev–Trinajstić information content (AvgIpc) is 3.45. The van der Waals surface area contributed by atoms with Gasteiger partial charge in [0.15, 0.2) is 11.6 Å². The van der Waals surface area contributed by atoms with Crippen LogP contribution in [0.5, 0.6) is 0 Å². The number of carbonyl (C=O) groups excluding carboxylic acids is 1. The van der Waals surface area contributed by atoms with Crippen LogP contribution < -0.4 is 10.2 Å². The molecule has 2 aliphatic rings. The molecule has 1 aliphatic heterocycles. The molecule has 0 spiro atoms. The number of H-pyrrole nitrogens is 1. The van der Waals surface area contributed by atoms with Crippen molar-refractivity contribution < 1.29 is 13.6 Å². The molecule has 4 heterocycles. The van der Waals surface area contributed by atoms with Crippen LogP contribution in [0, 0.1) is 23.5 Å². The molecule has 5 aromatic rings. The van der Waals surface area contributed by atoms with Gasteiger partial charge in [-0.25, -0.2) is 18.7 Å². The van der Waals surface area contributed by atoms with Crippen LogP contribution >= 0.6 is 0 Å². The normalized spacial score (nSPS) is 21.9. The monoisotopic (exact) mass is 539 g/mol. The van der Waals surface area contributed by atoms with E-state index in [0.717, 1.165) is 30.3 Å². The lowest BCUT2D eigenvalue weighted by Gasteiger charge is -2.26. The molecular formula is C30H27F2N7O.